The summed E-state index contributed by atoms with van der Waals surface area (Å²) >= 11 is 0. The van der Waals surface area contributed by atoms with E-state index in [4.69, 9.17) is 0 Å². The van der Waals surface area contributed by atoms with E-state index in [2.05, 4.69) is 21.5 Å². The second kappa shape index (κ2) is 15.0. The first kappa shape index (κ1) is 29.0. The van der Waals surface area contributed by atoms with Gasteiger partial charge in [-0.15, -0.1) is 0 Å². The molecule has 0 aromatic carbocycles. The van der Waals surface area contributed by atoms with Gasteiger partial charge in [-0.25, -0.2) is 4.99 Å². The summed E-state index contributed by atoms with van der Waals surface area (Å²) in [5.74, 6) is -1.30. The van der Waals surface area contributed by atoms with E-state index < -0.39 is 12.1 Å². The molecule has 1 saturated heterocycles. The number of aromatic nitrogens is 1. The van der Waals surface area contributed by atoms with Crippen LogP contribution in [-0.4, -0.2) is 54.2 Å². The third kappa shape index (κ3) is 9.85. The third-order valence-corrected chi connectivity index (χ3v) is 5.22. The number of hydrogen-bond donors (Lipinski definition) is 0. The van der Waals surface area contributed by atoms with Crippen LogP contribution in [0, 0.1) is 11.8 Å². The number of amides is 1. The lowest BCUT2D eigenvalue weighted by Crippen LogP contribution is -2.39. The maximum atomic E-state index is 12.7. The SMILES string of the molecule is C=C/C(=C\C=C\C(=O)N1CCCC(Cc2cccnc2)C1)C(N=CC(C)C(F)(F)F)=NC.CC. The first-order valence-corrected chi connectivity index (χ1v) is 11.5. The lowest BCUT2D eigenvalue weighted by molar-refractivity contribution is -0.149. The van der Waals surface area contributed by atoms with Crippen LogP contribution >= 0.6 is 0 Å². The molecule has 1 aliphatic rings. The van der Waals surface area contributed by atoms with Crippen molar-refractivity contribution in [2.75, 3.05) is 20.1 Å². The van der Waals surface area contributed by atoms with Gasteiger partial charge in [0, 0.05) is 50.4 Å². The van der Waals surface area contributed by atoms with Crippen molar-refractivity contribution in [2.45, 2.75) is 46.2 Å². The van der Waals surface area contributed by atoms with Gasteiger partial charge in [0.15, 0.2) is 5.84 Å². The number of carbonyl (C=O) groups is 1. The van der Waals surface area contributed by atoms with Gasteiger partial charge in [-0.1, -0.05) is 44.7 Å². The van der Waals surface area contributed by atoms with E-state index in [0.717, 1.165) is 38.0 Å². The van der Waals surface area contributed by atoms with Gasteiger partial charge in [0.05, 0.1) is 5.92 Å². The molecule has 186 valence electrons. The number of amidine groups is 1. The zero-order chi connectivity index (χ0) is 25.6. The van der Waals surface area contributed by atoms with Crippen molar-refractivity contribution in [1.82, 2.24) is 9.88 Å². The summed E-state index contributed by atoms with van der Waals surface area (Å²) in [5, 5.41) is 0. The van der Waals surface area contributed by atoms with E-state index in [-0.39, 0.29) is 11.7 Å². The van der Waals surface area contributed by atoms with Gasteiger partial charge >= 0.3 is 6.18 Å². The van der Waals surface area contributed by atoms with E-state index in [1.165, 1.54) is 19.2 Å². The fraction of sp³-hybridized carbons (Fsp3) is 0.462. The van der Waals surface area contributed by atoms with Crippen LogP contribution in [0.1, 0.15) is 39.2 Å². The molecule has 0 saturated carbocycles. The van der Waals surface area contributed by atoms with Gasteiger partial charge < -0.3 is 4.90 Å². The highest BCUT2D eigenvalue weighted by molar-refractivity contribution is 6.05. The Morgan fingerprint density at radius 3 is 2.71 bits per heavy atom. The van der Waals surface area contributed by atoms with Crippen molar-refractivity contribution in [2.24, 2.45) is 21.8 Å². The van der Waals surface area contributed by atoms with Crippen LogP contribution in [0.25, 0.3) is 0 Å². The number of pyridine rings is 1. The van der Waals surface area contributed by atoms with E-state index in [1.54, 1.807) is 18.3 Å². The molecule has 34 heavy (non-hydrogen) atoms. The molecule has 1 aliphatic heterocycles. The third-order valence-electron chi connectivity index (χ3n) is 5.22. The minimum atomic E-state index is -4.37. The molecule has 2 heterocycles. The minimum absolute atomic E-state index is 0.107. The van der Waals surface area contributed by atoms with E-state index in [1.807, 2.05) is 37.1 Å². The van der Waals surface area contributed by atoms with Gasteiger partial charge in [-0.2, -0.15) is 13.2 Å². The standard InChI is InChI=1S/C24H29F3N4O.C2H6/c1-4-21(23(28-3)30-15-18(2)24(25,26)27)10-5-11-22(32)31-13-7-9-20(17-31)14-19-8-6-12-29-16-19;1-2/h4-6,8,10-12,15-16,18,20H,1,7,9,13-14,17H2,2-3H3;1-2H3/b11-5+,21-10+,28-23?,30-15?;. The number of aliphatic imine (C=N–C) groups is 2. The molecule has 1 fully saturated rings. The highest BCUT2D eigenvalue weighted by Crippen LogP contribution is 2.24. The quantitative estimate of drug-likeness (QED) is 0.214. The van der Waals surface area contributed by atoms with Crippen LogP contribution in [0.2, 0.25) is 0 Å². The van der Waals surface area contributed by atoms with Crippen molar-refractivity contribution in [3.05, 3.63) is 66.5 Å². The highest BCUT2D eigenvalue weighted by Gasteiger charge is 2.34. The van der Waals surface area contributed by atoms with Crippen molar-refractivity contribution in [3.8, 4) is 0 Å². The Balaban J connectivity index is 0.00000281. The molecule has 0 aliphatic carbocycles. The molecule has 2 atom stereocenters. The van der Waals surface area contributed by atoms with Gasteiger partial charge in [0.2, 0.25) is 5.91 Å². The zero-order valence-corrected chi connectivity index (χ0v) is 20.4. The molecule has 0 bridgehead atoms. The smallest absolute Gasteiger partial charge is 0.339 e. The number of hydrogen-bond acceptors (Lipinski definition) is 3. The zero-order valence-electron chi connectivity index (χ0n) is 20.4. The highest BCUT2D eigenvalue weighted by atomic mass is 19.4. The summed E-state index contributed by atoms with van der Waals surface area (Å²) in [6.45, 7) is 10.1. The molecule has 1 aromatic rings. The molecule has 1 amide bonds. The first-order valence-electron chi connectivity index (χ1n) is 11.5. The Hall–Kier alpha value is -3.03. The van der Waals surface area contributed by atoms with E-state index in [9.17, 15) is 18.0 Å². The van der Waals surface area contributed by atoms with Crippen LogP contribution in [0.15, 0.2) is 71.0 Å². The fourth-order valence-corrected chi connectivity index (χ4v) is 3.39. The molecular weight excluding hydrogens is 441 g/mol. The Morgan fingerprint density at radius 2 is 2.12 bits per heavy atom. The van der Waals surface area contributed by atoms with Gasteiger partial charge in [-0.05, 0) is 43.7 Å². The summed E-state index contributed by atoms with van der Waals surface area (Å²) in [6.07, 6.45) is 8.94. The summed E-state index contributed by atoms with van der Waals surface area (Å²) in [6, 6.07) is 3.95. The number of rotatable bonds is 7. The fourth-order valence-electron chi connectivity index (χ4n) is 3.39. The number of allylic oxidation sites excluding steroid dienone is 2. The van der Waals surface area contributed by atoms with Crippen molar-refractivity contribution in [3.63, 3.8) is 0 Å². The Bertz CT molecular complexity index is 889. The number of piperidine rings is 1. The van der Waals surface area contributed by atoms with Crippen LogP contribution in [0.4, 0.5) is 13.2 Å². The maximum Gasteiger partial charge on any atom is 0.396 e. The van der Waals surface area contributed by atoms with Crippen LogP contribution in [0.5, 0.6) is 0 Å². The average molecular weight is 477 g/mol. The molecule has 5 nitrogen and oxygen atoms in total. The van der Waals surface area contributed by atoms with E-state index in [0.29, 0.717) is 24.6 Å². The first-order chi connectivity index (χ1) is 16.2. The largest absolute Gasteiger partial charge is 0.396 e. The number of likely N-dealkylation sites (tertiary alicyclic amines) is 1. The van der Waals surface area contributed by atoms with Crippen molar-refractivity contribution in [1.29, 1.82) is 0 Å². The molecule has 0 N–H and O–H groups in total. The number of halogens is 3. The molecule has 2 rings (SSSR count). The molecule has 1 aromatic heterocycles. The van der Waals surface area contributed by atoms with Gasteiger partial charge in [0.1, 0.15) is 0 Å². The number of alkyl halides is 3. The Morgan fingerprint density at radius 1 is 1.38 bits per heavy atom. The predicted molar refractivity (Wildman–Crippen MR) is 133 cm³/mol. The van der Waals surface area contributed by atoms with Gasteiger partial charge in [-0.3, -0.25) is 14.8 Å². The average Bonchev–Trinajstić information content (AvgIpc) is 2.84. The summed E-state index contributed by atoms with van der Waals surface area (Å²) in [7, 11) is 1.44. The van der Waals surface area contributed by atoms with Crippen molar-refractivity contribution < 1.29 is 18.0 Å². The second-order valence-corrected chi connectivity index (χ2v) is 7.70. The molecule has 0 radical (unpaired) electrons. The monoisotopic (exact) mass is 476 g/mol. The Kier molecular flexibility index (Phi) is 12.8. The second-order valence-electron chi connectivity index (χ2n) is 7.70. The van der Waals surface area contributed by atoms with Crippen LogP contribution in [-0.2, 0) is 11.2 Å². The normalized spacial score (nSPS) is 18.6. The van der Waals surface area contributed by atoms with Crippen LogP contribution < -0.4 is 0 Å². The van der Waals surface area contributed by atoms with Gasteiger partial charge in [0.25, 0.3) is 0 Å². The maximum absolute atomic E-state index is 12.7. The summed E-state index contributed by atoms with van der Waals surface area (Å²) < 4.78 is 38.0. The molecular formula is C26H35F3N4O. The number of carbonyl (C=O) groups excluding carboxylic acids is 1. The summed E-state index contributed by atoms with van der Waals surface area (Å²) in [4.78, 5) is 26.4. The lowest BCUT2D eigenvalue weighted by Gasteiger charge is -2.32. The minimum Gasteiger partial charge on any atom is -0.339 e. The molecule has 2 unspecified atom stereocenters. The lowest BCUT2D eigenvalue weighted by atomic mass is 9.92. The molecule has 0 spiro atoms. The van der Waals surface area contributed by atoms with E-state index >= 15 is 0 Å². The molecule has 8 heteroatoms. The van der Waals surface area contributed by atoms with Crippen molar-refractivity contribution >= 4 is 18.0 Å². The topological polar surface area (TPSA) is 57.9 Å². The summed E-state index contributed by atoms with van der Waals surface area (Å²) in [5.41, 5.74) is 1.59. The number of nitrogens with zero attached hydrogens (tertiary/aromatic N) is 4. The Labute approximate surface area is 200 Å². The van der Waals surface area contributed by atoms with Crippen LogP contribution in [0.3, 0.4) is 0 Å². The predicted octanol–water partition coefficient (Wildman–Crippen LogP) is 5.86.